The van der Waals surface area contributed by atoms with Crippen molar-refractivity contribution in [2.24, 2.45) is 0 Å². The van der Waals surface area contributed by atoms with Crippen LogP contribution in [0.3, 0.4) is 0 Å². The minimum absolute atomic E-state index is 0.0742. The standard InChI is InChI=1S/C22H20N4O2S/c27-20(13-26-21(28)11-10-17(25-26)19-9-4-12-29-19)23-18-8-3-6-15-14-5-1-2-7-16(14)24-22(15)18/h1-2,4-5,7,9-12,18,24H,3,6,8,13H2,(H,23,27)/t18-/m0/s1. The molecule has 1 atom stereocenters. The highest BCUT2D eigenvalue weighted by atomic mass is 32.1. The van der Waals surface area contributed by atoms with Gasteiger partial charge in [0.15, 0.2) is 0 Å². The predicted octanol–water partition coefficient (Wildman–Crippen LogP) is 3.65. The van der Waals surface area contributed by atoms with E-state index in [-0.39, 0.29) is 24.1 Å². The van der Waals surface area contributed by atoms with Gasteiger partial charge in [-0.15, -0.1) is 11.3 Å². The maximum absolute atomic E-state index is 12.7. The normalized spacial score (nSPS) is 15.9. The van der Waals surface area contributed by atoms with E-state index in [0.717, 1.165) is 35.4 Å². The Morgan fingerprint density at radius 2 is 2.10 bits per heavy atom. The van der Waals surface area contributed by atoms with Gasteiger partial charge in [-0.05, 0) is 48.4 Å². The van der Waals surface area contributed by atoms with E-state index < -0.39 is 0 Å². The number of carbonyl (C=O) groups excluding carboxylic acids is 1. The second-order valence-corrected chi connectivity index (χ2v) is 8.21. The maximum Gasteiger partial charge on any atom is 0.267 e. The Kier molecular flexibility index (Phi) is 4.52. The fourth-order valence-electron chi connectivity index (χ4n) is 4.05. The van der Waals surface area contributed by atoms with Crippen LogP contribution >= 0.6 is 11.3 Å². The van der Waals surface area contributed by atoms with Crippen molar-refractivity contribution in [2.75, 3.05) is 0 Å². The Bertz CT molecular complexity index is 1240. The first-order chi connectivity index (χ1) is 14.2. The van der Waals surface area contributed by atoms with Gasteiger partial charge in [0.25, 0.3) is 5.56 Å². The summed E-state index contributed by atoms with van der Waals surface area (Å²) in [7, 11) is 0. The summed E-state index contributed by atoms with van der Waals surface area (Å²) in [5, 5.41) is 10.7. The Balaban J connectivity index is 1.37. The molecule has 4 aromatic rings. The number of nitrogens with zero attached hydrogens (tertiary/aromatic N) is 2. The quantitative estimate of drug-likeness (QED) is 0.545. The van der Waals surface area contributed by atoms with Crippen molar-refractivity contribution in [1.29, 1.82) is 0 Å². The molecule has 0 bridgehead atoms. The summed E-state index contributed by atoms with van der Waals surface area (Å²) in [5.74, 6) is -0.209. The van der Waals surface area contributed by atoms with Gasteiger partial charge in [-0.2, -0.15) is 5.10 Å². The van der Waals surface area contributed by atoms with Crippen LogP contribution in [0.5, 0.6) is 0 Å². The van der Waals surface area contributed by atoms with Crippen molar-refractivity contribution in [3.8, 4) is 10.6 Å². The summed E-state index contributed by atoms with van der Waals surface area (Å²) in [4.78, 5) is 29.4. The van der Waals surface area contributed by atoms with Gasteiger partial charge in [0.2, 0.25) is 5.91 Å². The molecule has 0 radical (unpaired) electrons. The molecule has 7 heteroatoms. The number of H-pyrrole nitrogens is 1. The topological polar surface area (TPSA) is 79.8 Å². The van der Waals surface area contributed by atoms with E-state index in [1.54, 1.807) is 17.4 Å². The minimum atomic E-state index is -0.282. The predicted molar refractivity (Wildman–Crippen MR) is 114 cm³/mol. The SMILES string of the molecule is O=C(Cn1nc(-c2cccs2)ccc1=O)N[C@H]1CCCc2c1[nH]c1ccccc21. The highest BCUT2D eigenvalue weighted by Crippen LogP contribution is 2.34. The molecule has 146 valence electrons. The second kappa shape index (κ2) is 7.33. The molecule has 1 aliphatic carbocycles. The zero-order valence-corrected chi connectivity index (χ0v) is 16.5. The lowest BCUT2D eigenvalue weighted by atomic mass is 9.91. The van der Waals surface area contributed by atoms with Crippen LogP contribution in [0.1, 0.15) is 30.1 Å². The first kappa shape index (κ1) is 17.9. The molecule has 0 fully saturated rings. The lowest BCUT2D eigenvalue weighted by Crippen LogP contribution is -2.36. The first-order valence-corrected chi connectivity index (χ1v) is 10.6. The number of aromatic nitrogens is 3. The van der Waals surface area contributed by atoms with Crippen LogP contribution in [-0.4, -0.2) is 20.7 Å². The van der Waals surface area contributed by atoms with Crippen LogP contribution in [0, 0.1) is 0 Å². The van der Waals surface area contributed by atoms with Crippen molar-refractivity contribution in [3.63, 3.8) is 0 Å². The molecule has 1 aliphatic rings. The Morgan fingerprint density at radius 3 is 2.97 bits per heavy atom. The molecule has 1 aromatic carbocycles. The summed E-state index contributed by atoms with van der Waals surface area (Å²) in [5.41, 5.74) is 3.88. The third-order valence-electron chi connectivity index (χ3n) is 5.38. The van der Waals surface area contributed by atoms with E-state index in [1.807, 2.05) is 29.6 Å². The summed E-state index contributed by atoms with van der Waals surface area (Å²) < 4.78 is 1.24. The average Bonchev–Trinajstić information content (AvgIpc) is 3.38. The van der Waals surface area contributed by atoms with Crippen molar-refractivity contribution in [2.45, 2.75) is 31.8 Å². The van der Waals surface area contributed by atoms with Crippen molar-refractivity contribution >= 4 is 28.1 Å². The van der Waals surface area contributed by atoms with Gasteiger partial charge >= 0.3 is 0 Å². The smallest absolute Gasteiger partial charge is 0.267 e. The molecule has 6 nitrogen and oxygen atoms in total. The van der Waals surface area contributed by atoms with Crippen LogP contribution in [0.4, 0.5) is 0 Å². The van der Waals surface area contributed by atoms with Crippen molar-refractivity contribution in [3.05, 3.63) is 75.5 Å². The number of aromatic amines is 1. The highest BCUT2D eigenvalue weighted by molar-refractivity contribution is 7.13. The number of rotatable bonds is 4. The van der Waals surface area contributed by atoms with Gasteiger partial charge in [-0.25, -0.2) is 4.68 Å². The lowest BCUT2D eigenvalue weighted by Gasteiger charge is -2.24. The number of nitrogens with one attached hydrogen (secondary N) is 2. The van der Waals surface area contributed by atoms with Gasteiger partial charge in [0.1, 0.15) is 12.2 Å². The number of hydrogen-bond acceptors (Lipinski definition) is 4. The van der Waals surface area contributed by atoms with Crippen LogP contribution < -0.4 is 10.9 Å². The Hall–Kier alpha value is -3.19. The van der Waals surface area contributed by atoms with Gasteiger partial charge in [-0.1, -0.05) is 24.3 Å². The summed E-state index contributed by atoms with van der Waals surface area (Å²) in [6.07, 6.45) is 2.91. The van der Waals surface area contributed by atoms with Crippen molar-refractivity contribution in [1.82, 2.24) is 20.1 Å². The molecule has 0 unspecified atom stereocenters. The maximum atomic E-state index is 12.7. The van der Waals surface area contributed by atoms with E-state index in [0.29, 0.717) is 5.69 Å². The summed E-state index contributed by atoms with van der Waals surface area (Å²) >= 11 is 1.55. The van der Waals surface area contributed by atoms with Gasteiger partial charge < -0.3 is 10.3 Å². The number of thiophene rings is 1. The second-order valence-electron chi connectivity index (χ2n) is 7.27. The van der Waals surface area contributed by atoms with Crippen LogP contribution in [0.2, 0.25) is 0 Å². The fourth-order valence-corrected chi connectivity index (χ4v) is 4.74. The van der Waals surface area contributed by atoms with Gasteiger partial charge in [0.05, 0.1) is 10.9 Å². The number of benzene rings is 1. The molecule has 0 spiro atoms. The minimum Gasteiger partial charge on any atom is -0.356 e. The third kappa shape index (κ3) is 3.38. The van der Waals surface area contributed by atoms with E-state index in [4.69, 9.17) is 0 Å². The molecule has 29 heavy (non-hydrogen) atoms. The van der Waals surface area contributed by atoms with E-state index in [1.165, 1.54) is 21.7 Å². The third-order valence-corrected chi connectivity index (χ3v) is 6.28. The molecule has 1 amide bonds. The highest BCUT2D eigenvalue weighted by Gasteiger charge is 2.25. The zero-order valence-electron chi connectivity index (χ0n) is 15.7. The number of carbonyl (C=O) groups is 1. The van der Waals surface area contributed by atoms with E-state index >= 15 is 0 Å². The lowest BCUT2D eigenvalue weighted by molar-refractivity contribution is -0.122. The van der Waals surface area contributed by atoms with Crippen LogP contribution in [0.25, 0.3) is 21.5 Å². The summed E-state index contributed by atoms with van der Waals surface area (Å²) in [6.45, 7) is -0.0931. The number of aryl methyl sites for hydroxylation is 1. The first-order valence-electron chi connectivity index (χ1n) is 9.70. The van der Waals surface area contributed by atoms with E-state index in [9.17, 15) is 9.59 Å². The average molecular weight is 404 g/mol. The zero-order chi connectivity index (χ0) is 19.8. The molecule has 5 rings (SSSR count). The molecular formula is C22H20N4O2S. The molecular weight excluding hydrogens is 384 g/mol. The number of fused-ring (bicyclic) bond motifs is 3. The van der Waals surface area contributed by atoms with Gasteiger partial charge in [-0.3, -0.25) is 9.59 Å². The molecule has 0 aliphatic heterocycles. The largest absolute Gasteiger partial charge is 0.356 e. The van der Waals surface area contributed by atoms with Gasteiger partial charge in [0, 0.05) is 22.7 Å². The fraction of sp³-hybridized carbons (Fsp3) is 0.227. The van der Waals surface area contributed by atoms with E-state index in [2.05, 4.69) is 27.5 Å². The van der Waals surface area contributed by atoms with Crippen LogP contribution in [-0.2, 0) is 17.8 Å². The monoisotopic (exact) mass is 404 g/mol. The summed E-state index contributed by atoms with van der Waals surface area (Å²) in [6, 6.07) is 15.2. The number of amides is 1. The van der Waals surface area contributed by atoms with Crippen molar-refractivity contribution < 1.29 is 4.79 Å². The molecule has 0 saturated heterocycles. The molecule has 2 N–H and O–H groups in total. The number of hydrogen-bond donors (Lipinski definition) is 2. The Morgan fingerprint density at radius 1 is 1.21 bits per heavy atom. The molecule has 3 aromatic heterocycles. The molecule has 3 heterocycles. The Labute approximate surface area is 171 Å². The molecule has 0 saturated carbocycles. The van der Waals surface area contributed by atoms with Crippen LogP contribution in [0.15, 0.2) is 58.7 Å². The number of para-hydroxylation sites is 1.